The minimum atomic E-state index is 0. The minimum absolute atomic E-state index is 0. The molecular weight excluding hydrogens is 649 g/mol. The van der Waals surface area contributed by atoms with Crippen LogP contribution < -0.4 is 5.56 Å². The molecule has 1 aromatic rings. The standard InChI is InChI=1S/C11H14N2O.U.V.W/c1-2-5-10-12-9-7-4-3-6-8(9)11(14)13-10;;;/h5H,1-4,6-7H2,(H,12,13,14);;;/q-2;;;. The molecule has 0 fully saturated rings. The molecule has 0 aromatic carbocycles. The fraction of sp³-hybridized carbons (Fsp3) is 0.455. The third-order valence-electron chi connectivity index (χ3n) is 2.55. The summed E-state index contributed by atoms with van der Waals surface area (Å²) in [5.74, 6) is 0.672. The Morgan fingerprint density at radius 3 is 2.65 bits per heavy atom. The first kappa shape index (κ1) is 20.4. The van der Waals surface area contributed by atoms with E-state index in [-0.39, 0.29) is 76.3 Å². The van der Waals surface area contributed by atoms with Crippen LogP contribution >= 0.6 is 0 Å². The second-order valence-electron chi connectivity index (χ2n) is 3.58. The second kappa shape index (κ2) is 9.93. The molecular formula is C11H14N2OUVW-2. The molecule has 17 heavy (non-hydrogen) atoms. The average Bonchev–Trinajstić information content (AvgIpc) is 2.18. The van der Waals surface area contributed by atoms with Crippen molar-refractivity contribution < 1.29 is 70.7 Å². The van der Waals surface area contributed by atoms with Crippen LogP contribution in [0.5, 0.6) is 0 Å². The van der Waals surface area contributed by atoms with Crippen molar-refractivity contribution >= 4 is 0 Å². The maximum absolute atomic E-state index is 11.6. The smallest absolute Gasteiger partial charge is 0.252 e. The van der Waals surface area contributed by atoms with E-state index in [1.54, 1.807) is 0 Å². The number of aromatic nitrogens is 2. The zero-order valence-corrected chi connectivity index (χ0v) is 18.0. The van der Waals surface area contributed by atoms with Gasteiger partial charge in [-0.1, -0.05) is 0 Å². The predicted molar refractivity (Wildman–Crippen MR) is 54.9 cm³/mol. The molecule has 0 bridgehead atoms. The average molecular weight is 663 g/mol. The first-order chi connectivity index (χ1) is 6.81. The van der Waals surface area contributed by atoms with E-state index in [1.165, 1.54) is 0 Å². The molecule has 0 amide bonds. The van der Waals surface area contributed by atoms with Gasteiger partial charge in [0.1, 0.15) is 0 Å². The number of nitrogens with one attached hydrogen (secondary N) is 1. The van der Waals surface area contributed by atoms with Crippen LogP contribution in [0.3, 0.4) is 0 Å². The molecule has 91 valence electrons. The molecule has 1 aromatic heterocycles. The molecule has 1 aliphatic carbocycles. The van der Waals surface area contributed by atoms with Crippen molar-refractivity contribution in [1.82, 2.24) is 9.97 Å². The summed E-state index contributed by atoms with van der Waals surface area (Å²) >= 11 is 0. The van der Waals surface area contributed by atoms with Gasteiger partial charge in [-0.3, -0.25) is 16.2 Å². The predicted octanol–water partition coefficient (Wildman–Crippen LogP) is 1.42. The Balaban J connectivity index is 0. The molecule has 1 aliphatic rings. The molecule has 1 N–H and O–H groups in total. The van der Waals surface area contributed by atoms with Crippen molar-refractivity contribution in [2.45, 2.75) is 32.1 Å². The summed E-state index contributed by atoms with van der Waals surface area (Å²) in [5, 5.41) is 0. The van der Waals surface area contributed by atoms with Crippen LogP contribution in [0.1, 0.15) is 36.3 Å². The molecule has 3 nitrogen and oxygen atoms in total. The summed E-state index contributed by atoms with van der Waals surface area (Å²) in [7, 11) is 0. The largest absolute Gasteiger partial charge is 0.370 e. The van der Waals surface area contributed by atoms with Crippen LogP contribution in [0.25, 0.3) is 0 Å². The van der Waals surface area contributed by atoms with Crippen molar-refractivity contribution in [2.24, 2.45) is 0 Å². The third-order valence-corrected chi connectivity index (χ3v) is 2.55. The fourth-order valence-electron chi connectivity index (χ4n) is 1.86. The topological polar surface area (TPSA) is 45.8 Å². The van der Waals surface area contributed by atoms with E-state index in [4.69, 9.17) is 0 Å². The van der Waals surface area contributed by atoms with Gasteiger partial charge in [0, 0.05) is 82.0 Å². The number of H-pyrrole nitrogens is 1. The number of aromatic amines is 1. The number of nitrogens with zero attached hydrogens (tertiary/aromatic N) is 1. The number of hydrogen-bond donors (Lipinski definition) is 1. The Kier molecular flexibility index (Phi) is 11.9. The van der Waals surface area contributed by atoms with Crippen LogP contribution in [-0.4, -0.2) is 9.97 Å². The summed E-state index contributed by atoms with van der Waals surface area (Å²) in [6.45, 7) is 3.71. The van der Waals surface area contributed by atoms with Gasteiger partial charge in [0.25, 0.3) is 5.56 Å². The van der Waals surface area contributed by atoms with E-state index < -0.39 is 0 Å². The first-order valence-corrected chi connectivity index (χ1v) is 5.06. The third kappa shape index (κ3) is 5.29. The van der Waals surface area contributed by atoms with Gasteiger partial charge in [-0.25, -0.2) is 0 Å². The second-order valence-corrected chi connectivity index (χ2v) is 3.58. The van der Waals surface area contributed by atoms with Crippen LogP contribution in [0, 0.1) is 44.5 Å². The molecule has 6 heteroatoms. The number of fused-ring (bicyclic) bond motifs is 1. The van der Waals surface area contributed by atoms with Gasteiger partial charge in [0.05, 0.1) is 0 Å². The minimum Gasteiger partial charge on any atom is -0.370 e. The van der Waals surface area contributed by atoms with Crippen LogP contribution in [0.15, 0.2) is 4.79 Å². The Hall–Kier alpha value is 1.07. The van der Waals surface area contributed by atoms with Crippen molar-refractivity contribution in [3.05, 3.63) is 40.8 Å². The number of hydrogen-bond acceptors (Lipinski definition) is 2. The molecule has 0 unspecified atom stereocenters. The van der Waals surface area contributed by atoms with Crippen LogP contribution in [0.2, 0.25) is 0 Å². The van der Waals surface area contributed by atoms with Gasteiger partial charge in [0.2, 0.25) is 0 Å². The summed E-state index contributed by atoms with van der Waals surface area (Å²) in [5.41, 5.74) is 1.91. The Labute approximate surface area is 152 Å². The molecule has 0 atom stereocenters. The molecule has 1 radical (unpaired) electrons. The maximum Gasteiger partial charge on any atom is 0.252 e. The van der Waals surface area contributed by atoms with Crippen molar-refractivity contribution in [1.29, 1.82) is 0 Å². The van der Waals surface area contributed by atoms with E-state index in [2.05, 4.69) is 16.9 Å². The van der Waals surface area contributed by atoms with Gasteiger partial charge in [0.15, 0.2) is 0 Å². The van der Waals surface area contributed by atoms with E-state index in [1.807, 2.05) is 6.42 Å². The molecule has 2 rings (SSSR count). The zero-order chi connectivity index (χ0) is 9.97. The van der Waals surface area contributed by atoms with Crippen LogP contribution in [-0.2, 0) is 52.5 Å². The molecule has 1 heterocycles. The van der Waals surface area contributed by atoms with Gasteiger partial charge < -0.3 is 18.3 Å². The normalized spacial score (nSPS) is 12.3. The van der Waals surface area contributed by atoms with Gasteiger partial charge >= 0.3 is 0 Å². The Morgan fingerprint density at radius 2 is 2.00 bits per heavy atom. The summed E-state index contributed by atoms with van der Waals surface area (Å²) in [4.78, 5) is 18.8. The first-order valence-electron chi connectivity index (χ1n) is 5.06. The van der Waals surface area contributed by atoms with Crippen molar-refractivity contribution in [3.8, 4) is 0 Å². The summed E-state index contributed by atoms with van der Waals surface area (Å²) in [6, 6.07) is 0. The maximum atomic E-state index is 11.6. The molecule has 0 spiro atoms. The van der Waals surface area contributed by atoms with Gasteiger partial charge in [-0.05, 0) is 31.5 Å². The SMILES string of the molecule is [CH2-]C[CH-]c1nc2c(c(=O)[nH]1)CCCC2.[U].[V].[W]. The van der Waals surface area contributed by atoms with E-state index in [0.29, 0.717) is 12.2 Å². The van der Waals surface area contributed by atoms with E-state index >= 15 is 0 Å². The van der Waals surface area contributed by atoms with Gasteiger partial charge in [-0.2, -0.15) is 0 Å². The van der Waals surface area contributed by atoms with E-state index in [9.17, 15) is 4.79 Å². The van der Waals surface area contributed by atoms with Crippen molar-refractivity contribution in [2.75, 3.05) is 0 Å². The molecule has 0 saturated heterocycles. The van der Waals surface area contributed by atoms with Crippen molar-refractivity contribution in [3.63, 3.8) is 0 Å². The quantitative estimate of drug-likeness (QED) is 0.488. The zero-order valence-electron chi connectivity index (χ0n) is 9.53. The van der Waals surface area contributed by atoms with Crippen LogP contribution in [0.4, 0.5) is 0 Å². The summed E-state index contributed by atoms with van der Waals surface area (Å²) in [6.07, 6.45) is 6.57. The molecule has 0 aliphatic heterocycles. The fourth-order valence-corrected chi connectivity index (χ4v) is 1.86. The van der Waals surface area contributed by atoms with Gasteiger partial charge in [-0.15, -0.1) is 0 Å². The molecule has 0 saturated carbocycles. The summed E-state index contributed by atoms with van der Waals surface area (Å²) < 4.78 is 0. The Bertz CT molecular complexity index is 398. The number of aryl methyl sites for hydroxylation is 1. The monoisotopic (exact) mass is 663 g/mol. The Morgan fingerprint density at radius 1 is 1.35 bits per heavy atom. The number of rotatable bonds is 2. The van der Waals surface area contributed by atoms with E-state index in [0.717, 1.165) is 36.9 Å².